The summed E-state index contributed by atoms with van der Waals surface area (Å²) >= 11 is 0. The van der Waals surface area contributed by atoms with Gasteiger partial charge >= 0.3 is 5.97 Å². The number of aryl methyl sites for hydroxylation is 1. The molecule has 2 N–H and O–H groups in total. The van der Waals surface area contributed by atoms with Crippen LogP contribution >= 0.6 is 0 Å². The van der Waals surface area contributed by atoms with Crippen LogP contribution in [0.5, 0.6) is 0 Å². The van der Waals surface area contributed by atoms with Crippen molar-refractivity contribution in [2.24, 2.45) is 0 Å². The van der Waals surface area contributed by atoms with E-state index in [0.717, 1.165) is 45.4 Å². The Morgan fingerprint density at radius 3 is 2.66 bits per heavy atom. The van der Waals surface area contributed by atoms with Crippen molar-refractivity contribution in [1.29, 1.82) is 0 Å². The van der Waals surface area contributed by atoms with Gasteiger partial charge in [0, 0.05) is 47.1 Å². The molecule has 0 saturated carbocycles. The summed E-state index contributed by atoms with van der Waals surface area (Å²) in [7, 11) is -3.80. The Kier molecular flexibility index (Phi) is 6.12. The zero-order valence-corrected chi connectivity index (χ0v) is 19.6. The molecule has 7 nitrogen and oxygen atoms in total. The molecule has 0 amide bonds. The highest BCUT2D eigenvalue weighted by Gasteiger charge is 2.29. The number of halogens is 1. The number of hydrogen-bond donors (Lipinski definition) is 2. The minimum absolute atomic E-state index is 0.00599. The Labute approximate surface area is 202 Å². The predicted octanol–water partition coefficient (Wildman–Crippen LogP) is 4.15. The van der Waals surface area contributed by atoms with Gasteiger partial charge in [-0.3, -0.25) is 9.78 Å². The summed E-state index contributed by atoms with van der Waals surface area (Å²) in [6, 6.07) is 14.3. The number of carboxylic acid groups (broad SMARTS) is 1. The normalized spacial score (nSPS) is 15.7. The van der Waals surface area contributed by atoms with Crippen LogP contribution in [0.1, 0.15) is 24.1 Å². The molecule has 2 heterocycles. The number of carboxylic acids is 1. The van der Waals surface area contributed by atoms with E-state index >= 15 is 0 Å². The average molecular weight is 494 g/mol. The quantitative estimate of drug-likeness (QED) is 0.403. The van der Waals surface area contributed by atoms with Gasteiger partial charge in [-0.15, -0.1) is 0 Å². The fraction of sp³-hybridized carbons (Fsp3) is 0.231. The van der Waals surface area contributed by atoms with E-state index in [1.54, 1.807) is 12.4 Å². The molecular weight excluding hydrogens is 469 g/mol. The fourth-order valence-electron chi connectivity index (χ4n) is 4.82. The highest BCUT2D eigenvalue weighted by Crippen LogP contribution is 2.35. The largest absolute Gasteiger partial charge is 0.481 e. The maximum Gasteiger partial charge on any atom is 0.305 e. The van der Waals surface area contributed by atoms with E-state index in [1.807, 2.05) is 30.3 Å². The number of sulfonamides is 1. The second-order valence-electron chi connectivity index (χ2n) is 8.71. The van der Waals surface area contributed by atoms with E-state index in [1.165, 1.54) is 12.1 Å². The third kappa shape index (κ3) is 4.69. The number of hydrogen-bond acceptors (Lipinski definition) is 4. The highest BCUT2D eigenvalue weighted by molar-refractivity contribution is 7.89. The molecule has 0 spiro atoms. The van der Waals surface area contributed by atoms with Crippen molar-refractivity contribution in [3.63, 3.8) is 0 Å². The van der Waals surface area contributed by atoms with Gasteiger partial charge in [-0.25, -0.2) is 17.5 Å². The van der Waals surface area contributed by atoms with Crippen molar-refractivity contribution >= 4 is 26.9 Å². The summed E-state index contributed by atoms with van der Waals surface area (Å²) in [4.78, 5) is 15.5. The second-order valence-corrected chi connectivity index (χ2v) is 10.4. The topological polar surface area (TPSA) is 101 Å². The van der Waals surface area contributed by atoms with Crippen LogP contribution in [-0.2, 0) is 34.2 Å². The summed E-state index contributed by atoms with van der Waals surface area (Å²) in [6.07, 6.45) is 5.16. The van der Waals surface area contributed by atoms with Crippen LogP contribution in [0, 0.1) is 5.82 Å². The van der Waals surface area contributed by atoms with E-state index in [2.05, 4.69) is 14.3 Å². The zero-order chi connectivity index (χ0) is 24.6. The first-order valence-electron chi connectivity index (χ1n) is 11.4. The van der Waals surface area contributed by atoms with Gasteiger partial charge in [-0.1, -0.05) is 18.2 Å². The van der Waals surface area contributed by atoms with Gasteiger partial charge in [0.15, 0.2) is 0 Å². The molecule has 1 aliphatic carbocycles. The zero-order valence-electron chi connectivity index (χ0n) is 18.8. The summed E-state index contributed by atoms with van der Waals surface area (Å²) in [5.41, 5.74) is 4.94. The Balaban J connectivity index is 1.50. The van der Waals surface area contributed by atoms with Gasteiger partial charge < -0.3 is 9.67 Å². The van der Waals surface area contributed by atoms with Crippen LogP contribution < -0.4 is 4.72 Å². The minimum atomic E-state index is -3.80. The number of fused-ring (bicyclic) bond motifs is 3. The maximum atomic E-state index is 13.2. The van der Waals surface area contributed by atoms with Crippen molar-refractivity contribution in [2.45, 2.75) is 43.2 Å². The minimum Gasteiger partial charge on any atom is -0.481 e. The number of nitrogens with zero attached hydrogens (tertiary/aromatic N) is 2. The van der Waals surface area contributed by atoms with Crippen molar-refractivity contribution in [2.75, 3.05) is 0 Å². The van der Waals surface area contributed by atoms with E-state index < -0.39 is 21.8 Å². The molecule has 2 aromatic carbocycles. The van der Waals surface area contributed by atoms with E-state index in [0.29, 0.717) is 25.8 Å². The smallest absolute Gasteiger partial charge is 0.305 e. The van der Waals surface area contributed by atoms with E-state index in [-0.39, 0.29) is 17.4 Å². The molecule has 1 aliphatic rings. The second kappa shape index (κ2) is 9.24. The number of pyridine rings is 1. The third-order valence-electron chi connectivity index (χ3n) is 6.46. The van der Waals surface area contributed by atoms with Crippen molar-refractivity contribution < 1.29 is 22.7 Å². The molecule has 0 fully saturated rings. The van der Waals surface area contributed by atoms with Crippen molar-refractivity contribution in [3.8, 4) is 11.1 Å². The summed E-state index contributed by atoms with van der Waals surface area (Å²) in [5.74, 6) is -1.36. The lowest BCUT2D eigenvalue weighted by molar-refractivity contribution is -0.137. The van der Waals surface area contributed by atoms with Gasteiger partial charge in [-0.2, -0.15) is 0 Å². The fourth-order valence-corrected chi connectivity index (χ4v) is 6.10. The lowest BCUT2D eigenvalue weighted by Crippen LogP contribution is -2.39. The molecule has 5 rings (SSSR count). The molecule has 0 saturated heterocycles. The van der Waals surface area contributed by atoms with E-state index in [4.69, 9.17) is 0 Å². The lowest BCUT2D eigenvalue weighted by Gasteiger charge is -2.25. The van der Waals surface area contributed by atoms with Crippen molar-refractivity contribution in [3.05, 3.63) is 84.1 Å². The number of carbonyl (C=O) groups is 1. The summed E-state index contributed by atoms with van der Waals surface area (Å²) < 4.78 is 43.8. The van der Waals surface area contributed by atoms with Crippen LogP contribution in [0.25, 0.3) is 22.0 Å². The number of rotatable bonds is 7. The Bertz CT molecular complexity index is 1500. The van der Waals surface area contributed by atoms with Gasteiger partial charge in [0.25, 0.3) is 0 Å². The van der Waals surface area contributed by atoms with Gasteiger partial charge in [0.05, 0.1) is 11.3 Å². The molecule has 0 radical (unpaired) electrons. The van der Waals surface area contributed by atoms with Crippen molar-refractivity contribution in [1.82, 2.24) is 14.3 Å². The molecule has 180 valence electrons. The van der Waals surface area contributed by atoms with Crippen LogP contribution in [0.2, 0.25) is 0 Å². The Hall–Kier alpha value is -3.56. The standard InChI is InChI=1S/C26H24FN3O4S/c27-19-4-7-21(8-5-19)35(33,34)29-20-6-10-24-23(15-20)22-9-3-17(18-2-1-12-28-16-18)14-25(22)30(24)13-11-26(31)32/h1-5,7-9,12,14,16,20,29H,6,10-11,13,15H2,(H,31,32). The van der Waals surface area contributed by atoms with Gasteiger partial charge in [-0.05, 0) is 66.8 Å². The number of nitrogens with one attached hydrogen (secondary N) is 1. The lowest BCUT2D eigenvalue weighted by atomic mass is 9.91. The molecule has 0 bridgehead atoms. The molecule has 9 heteroatoms. The summed E-state index contributed by atoms with van der Waals surface area (Å²) in [5, 5.41) is 10.3. The van der Waals surface area contributed by atoms with Crippen LogP contribution in [0.4, 0.5) is 4.39 Å². The van der Waals surface area contributed by atoms with Crippen LogP contribution in [-0.4, -0.2) is 35.1 Å². The first-order valence-corrected chi connectivity index (χ1v) is 12.8. The average Bonchev–Trinajstić information content (AvgIpc) is 3.15. The first kappa shape index (κ1) is 23.2. The third-order valence-corrected chi connectivity index (χ3v) is 7.99. The Morgan fingerprint density at radius 1 is 1.14 bits per heavy atom. The molecule has 1 atom stereocenters. The molecule has 2 aromatic heterocycles. The Morgan fingerprint density at radius 2 is 1.94 bits per heavy atom. The monoisotopic (exact) mass is 493 g/mol. The van der Waals surface area contributed by atoms with Crippen LogP contribution in [0.3, 0.4) is 0 Å². The number of benzene rings is 2. The molecule has 35 heavy (non-hydrogen) atoms. The SMILES string of the molecule is O=C(O)CCn1c2c(c3ccc(-c4cccnc4)cc31)CC(NS(=O)(=O)c1ccc(F)cc1)CC2. The molecular formula is C26H24FN3O4S. The first-order chi connectivity index (χ1) is 16.8. The van der Waals surface area contributed by atoms with Gasteiger partial charge in [0.2, 0.25) is 10.0 Å². The van der Waals surface area contributed by atoms with Gasteiger partial charge in [0.1, 0.15) is 5.82 Å². The molecule has 1 unspecified atom stereocenters. The van der Waals surface area contributed by atoms with Crippen LogP contribution in [0.15, 0.2) is 71.9 Å². The predicted molar refractivity (Wildman–Crippen MR) is 130 cm³/mol. The summed E-state index contributed by atoms with van der Waals surface area (Å²) in [6.45, 7) is 0.337. The van der Waals surface area contributed by atoms with E-state index in [9.17, 15) is 22.7 Å². The number of aliphatic carboxylic acids is 1. The molecule has 0 aliphatic heterocycles. The molecule has 4 aromatic rings. The maximum absolute atomic E-state index is 13.2. The highest BCUT2D eigenvalue weighted by atomic mass is 32.2. The number of aromatic nitrogens is 2.